The molecule has 0 radical (unpaired) electrons. The van der Waals surface area contributed by atoms with Crippen LogP contribution in [0.3, 0.4) is 0 Å². The Morgan fingerprint density at radius 1 is 1.43 bits per heavy atom. The lowest BCUT2D eigenvalue weighted by atomic mass is 10.4. The number of aromatic nitrogens is 4. The number of H-pyrrole nitrogens is 1. The maximum Gasteiger partial charge on any atom is 0.234 e. The molecule has 0 saturated heterocycles. The molecule has 70 valence electrons. The Kier molecular flexibility index (Phi) is 1.76. The maximum atomic E-state index is 5.03. The van der Waals surface area contributed by atoms with E-state index >= 15 is 0 Å². The van der Waals surface area contributed by atoms with E-state index in [0.717, 1.165) is 15.7 Å². The maximum absolute atomic E-state index is 5.03. The van der Waals surface area contributed by atoms with E-state index in [4.69, 9.17) is 12.2 Å². The minimum Gasteiger partial charge on any atom is -0.271 e. The molecule has 3 rings (SSSR count). The summed E-state index contributed by atoms with van der Waals surface area (Å²) in [6.45, 7) is 0. The molecule has 0 aliphatic heterocycles. The van der Waals surface area contributed by atoms with Gasteiger partial charge in [-0.15, -0.1) is 21.5 Å². The zero-order chi connectivity index (χ0) is 9.54. The summed E-state index contributed by atoms with van der Waals surface area (Å²) >= 11 is 8.09. The number of nitrogens with zero attached hydrogens (tertiary/aromatic N) is 3. The molecule has 0 saturated carbocycles. The zero-order valence-electron chi connectivity index (χ0n) is 6.80. The Labute approximate surface area is 91.8 Å². The number of thiophene rings is 1. The third-order valence-electron chi connectivity index (χ3n) is 1.76. The molecule has 0 atom stereocenters. The summed E-state index contributed by atoms with van der Waals surface area (Å²) in [5.41, 5.74) is 0. The van der Waals surface area contributed by atoms with Crippen LogP contribution in [0.2, 0.25) is 0 Å². The Morgan fingerprint density at radius 2 is 2.36 bits per heavy atom. The summed E-state index contributed by atoms with van der Waals surface area (Å²) in [6, 6.07) is 4.00. The van der Waals surface area contributed by atoms with Gasteiger partial charge in [-0.2, -0.15) is 0 Å². The van der Waals surface area contributed by atoms with E-state index in [2.05, 4.69) is 15.3 Å². The lowest BCUT2D eigenvalue weighted by Gasteiger charge is -1.89. The van der Waals surface area contributed by atoms with Crippen LogP contribution >= 0.6 is 34.9 Å². The van der Waals surface area contributed by atoms with E-state index in [1.807, 2.05) is 22.0 Å². The van der Waals surface area contributed by atoms with Gasteiger partial charge in [0.25, 0.3) is 0 Å². The van der Waals surface area contributed by atoms with Crippen molar-refractivity contribution in [2.75, 3.05) is 0 Å². The number of nitrogens with one attached hydrogen (secondary N) is 1. The first kappa shape index (κ1) is 8.27. The fourth-order valence-electron chi connectivity index (χ4n) is 1.20. The average molecular weight is 240 g/mol. The highest BCUT2D eigenvalue weighted by molar-refractivity contribution is 7.73. The number of hydrogen-bond donors (Lipinski definition) is 1. The van der Waals surface area contributed by atoms with Crippen molar-refractivity contribution in [3.8, 4) is 10.7 Å². The van der Waals surface area contributed by atoms with Crippen molar-refractivity contribution < 1.29 is 0 Å². The Balaban J connectivity index is 2.36. The fraction of sp³-hybridized carbons (Fsp3) is 0. The van der Waals surface area contributed by atoms with Crippen LogP contribution in [-0.2, 0) is 0 Å². The molecule has 0 aliphatic rings. The van der Waals surface area contributed by atoms with Gasteiger partial charge in [0.15, 0.2) is 9.78 Å². The van der Waals surface area contributed by atoms with E-state index in [0.29, 0.717) is 3.95 Å². The Bertz CT molecular complexity index is 615. The first-order valence-corrected chi connectivity index (χ1v) is 5.93. The van der Waals surface area contributed by atoms with E-state index < -0.39 is 0 Å². The molecule has 0 spiro atoms. The molecule has 1 N–H and O–H groups in total. The van der Waals surface area contributed by atoms with Crippen LogP contribution in [0.15, 0.2) is 17.5 Å². The highest BCUT2D eigenvalue weighted by Gasteiger charge is 2.10. The van der Waals surface area contributed by atoms with Crippen LogP contribution in [-0.4, -0.2) is 19.8 Å². The molecular weight excluding hydrogens is 236 g/mol. The molecule has 0 unspecified atom stereocenters. The summed E-state index contributed by atoms with van der Waals surface area (Å²) in [4.78, 5) is 1.89. The number of fused-ring (bicyclic) bond motifs is 1. The number of aromatic amines is 1. The number of hydrogen-bond acceptors (Lipinski definition) is 5. The quantitative estimate of drug-likeness (QED) is 0.665. The van der Waals surface area contributed by atoms with Gasteiger partial charge in [0.2, 0.25) is 4.96 Å². The minimum atomic E-state index is 0.715. The van der Waals surface area contributed by atoms with Gasteiger partial charge in [0, 0.05) is 0 Å². The minimum absolute atomic E-state index is 0.715. The highest BCUT2D eigenvalue weighted by Crippen LogP contribution is 2.23. The standard InChI is InChI=1S/C7H4N4S3/c12-7-10-11-5(4-2-1-3-13-4)8-9-6(11)14-7/h1-3H,(H,10,12). The topological polar surface area (TPSA) is 46.0 Å². The molecule has 7 heteroatoms. The molecule has 3 aromatic rings. The molecule has 0 amide bonds. The van der Waals surface area contributed by atoms with Crippen molar-refractivity contribution in [2.45, 2.75) is 0 Å². The lowest BCUT2D eigenvalue weighted by Crippen LogP contribution is -1.86. The van der Waals surface area contributed by atoms with Gasteiger partial charge < -0.3 is 0 Å². The molecule has 0 bridgehead atoms. The molecule has 3 heterocycles. The molecule has 4 nitrogen and oxygen atoms in total. The molecule has 14 heavy (non-hydrogen) atoms. The predicted molar refractivity (Wildman–Crippen MR) is 59.4 cm³/mol. The van der Waals surface area contributed by atoms with Crippen molar-refractivity contribution in [1.82, 2.24) is 19.8 Å². The third-order valence-corrected chi connectivity index (χ3v) is 3.69. The molecular formula is C7H4N4S3. The SMILES string of the molecule is S=c1[nH]n2c(-c3cccs3)nnc2s1. The number of rotatable bonds is 1. The molecule has 0 fully saturated rings. The normalized spacial score (nSPS) is 11.1. The van der Waals surface area contributed by atoms with Crippen LogP contribution in [0.5, 0.6) is 0 Å². The fourth-order valence-corrected chi connectivity index (χ4v) is 2.82. The average Bonchev–Trinajstić information content (AvgIpc) is 2.77. The van der Waals surface area contributed by atoms with Crippen molar-refractivity contribution >= 4 is 39.9 Å². The van der Waals surface area contributed by atoms with Crippen molar-refractivity contribution in [3.05, 3.63) is 21.5 Å². The van der Waals surface area contributed by atoms with Crippen molar-refractivity contribution in [2.24, 2.45) is 0 Å². The van der Waals surface area contributed by atoms with Gasteiger partial charge in [0.05, 0.1) is 4.88 Å². The van der Waals surface area contributed by atoms with Gasteiger partial charge >= 0.3 is 0 Å². The summed E-state index contributed by atoms with van der Waals surface area (Å²) in [5.74, 6) is 0.822. The molecule has 0 aromatic carbocycles. The summed E-state index contributed by atoms with van der Waals surface area (Å²) in [6.07, 6.45) is 0. The van der Waals surface area contributed by atoms with Gasteiger partial charge in [0.1, 0.15) is 0 Å². The summed E-state index contributed by atoms with van der Waals surface area (Å²) < 4.78 is 2.53. The third kappa shape index (κ3) is 1.13. The van der Waals surface area contributed by atoms with E-state index in [1.54, 1.807) is 11.3 Å². The van der Waals surface area contributed by atoms with Crippen LogP contribution in [0.25, 0.3) is 15.7 Å². The van der Waals surface area contributed by atoms with Gasteiger partial charge in [-0.05, 0) is 23.7 Å². The first-order chi connectivity index (χ1) is 6.84. The molecule has 3 aromatic heterocycles. The highest BCUT2D eigenvalue weighted by atomic mass is 32.1. The van der Waals surface area contributed by atoms with Gasteiger partial charge in [-0.1, -0.05) is 17.4 Å². The second kappa shape index (κ2) is 2.97. The Hall–Kier alpha value is -1.05. The predicted octanol–water partition coefficient (Wildman–Crippen LogP) is 2.58. The Morgan fingerprint density at radius 3 is 3.14 bits per heavy atom. The van der Waals surface area contributed by atoms with E-state index in [1.165, 1.54) is 11.3 Å². The molecule has 0 aliphatic carbocycles. The lowest BCUT2D eigenvalue weighted by molar-refractivity contribution is 0.962. The van der Waals surface area contributed by atoms with Crippen LogP contribution in [0, 0.1) is 3.95 Å². The van der Waals surface area contributed by atoms with Gasteiger partial charge in [-0.25, -0.2) is 4.52 Å². The second-order valence-electron chi connectivity index (χ2n) is 2.62. The van der Waals surface area contributed by atoms with Crippen LogP contribution in [0.4, 0.5) is 0 Å². The van der Waals surface area contributed by atoms with Crippen molar-refractivity contribution in [1.29, 1.82) is 0 Å². The summed E-state index contributed by atoms with van der Waals surface area (Å²) in [5, 5.41) is 13.2. The van der Waals surface area contributed by atoms with E-state index in [9.17, 15) is 0 Å². The first-order valence-electron chi connectivity index (χ1n) is 3.83. The second-order valence-corrected chi connectivity index (χ2v) is 5.21. The monoisotopic (exact) mass is 240 g/mol. The van der Waals surface area contributed by atoms with Gasteiger partial charge in [-0.3, -0.25) is 5.10 Å². The van der Waals surface area contributed by atoms with Crippen LogP contribution < -0.4 is 0 Å². The summed E-state index contributed by atoms with van der Waals surface area (Å²) in [7, 11) is 0. The van der Waals surface area contributed by atoms with Crippen LogP contribution in [0.1, 0.15) is 0 Å². The largest absolute Gasteiger partial charge is 0.271 e. The zero-order valence-corrected chi connectivity index (χ0v) is 9.25. The smallest absolute Gasteiger partial charge is 0.234 e. The van der Waals surface area contributed by atoms with Crippen molar-refractivity contribution in [3.63, 3.8) is 0 Å². The van der Waals surface area contributed by atoms with E-state index in [-0.39, 0.29) is 0 Å².